The zero-order chi connectivity index (χ0) is 13.8. The van der Waals surface area contributed by atoms with Gasteiger partial charge in [0, 0.05) is 32.2 Å². The summed E-state index contributed by atoms with van der Waals surface area (Å²) in [6, 6.07) is 1.53. The van der Waals surface area contributed by atoms with Gasteiger partial charge in [0.15, 0.2) is 5.00 Å². The maximum absolute atomic E-state index is 10.9. The molecule has 2 rings (SSSR count). The summed E-state index contributed by atoms with van der Waals surface area (Å²) >= 11 is 1.38. The van der Waals surface area contributed by atoms with Crippen molar-refractivity contribution < 1.29 is 9.72 Å². The second-order valence-electron chi connectivity index (χ2n) is 4.45. The average Bonchev–Trinajstić information content (AvgIpc) is 2.71. The van der Waals surface area contributed by atoms with E-state index in [9.17, 15) is 14.9 Å². The van der Waals surface area contributed by atoms with E-state index in [1.54, 1.807) is 5.38 Å². The Kier molecular flexibility index (Phi) is 4.33. The maximum atomic E-state index is 10.9. The third-order valence-corrected chi connectivity index (χ3v) is 4.04. The summed E-state index contributed by atoms with van der Waals surface area (Å²) in [4.78, 5) is 25.5. The van der Waals surface area contributed by atoms with Crippen molar-refractivity contribution in [3.05, 3.63) is 21.6 Å². The number of hydrogen-bond acceptors (Lipinski definition) is 6. The van der Waals surface area contributed by atoms with E-state index in [4.69, 9.17) is 5.73 Å². The molecule has 0 aromatic carbocycles. The molecule has 0 saturated carbocycles. The van der Waals surface area contributed by atoms with Crippen LogP contribution in [0, 0.1) is 10.1 Å². The normalized spacial score (nSPS) is 17.2. The summed E-state index contributed by atoms with van der Waals surface area (Å²) in [5, 5.41) is 13.4. The lowest BCUT2D eigenvalue weighted by Gasteiger charge is -2.21. The first-order valence-electron chi connectivity index (χ1n) is 6.05. The van der Waals surface area contributed by atoms with Crippen LogP contribution in [0.15, 0.2) is 11.4 Å². The van der Waals surface area contributed by atoms with Crippen LogP contribution in [-0.2, 0) is 4.79 Å². The van der Waals surface area contributed by atoms with Gasteiger partial charge < -0.3 is 10.6 Å². The number of rotatable bonds is 4. The molecule has 0 unspecified atom stereocenters. The third kappa shape index (κ3) is 3.42. The Labute approximate surface area is 114 Å². The minimum atomic E-state index is -0.349. The van der Waals surface area contributed by atoms with Gasteiger partial charge in [-0.05, 0) is 11.8 Å². The number of anilines is 1. The minimum Gasteiger partial charge on any atom is -0.369 e. The molecule has 1 saturated heterocycles. The van der Waals surface area contributed by atoms with Crippen molar-refractivity contribution in [3.63, 3.8) is 0 Å². The number of carbonyl (C=O) groups is 1. The van der Waals surface area contributed by atoms with Gasteiger partial charge in [0.25, 0.3) is 0 Å². The van der Waals surface area contributed by atoms with Gasteiger partial charge in [-0.1, -0.05) is 0 Å². The molecule has 19 heavy (non-hydrogen) atoms. The van der Waals surface area contributed by atoms with E-state index in [2.05, 4.69) is 0 Å². The van der Waals surface area contributed by atoms with Crippen LogP contribution in [0.5, 0.6) is 0 Å². The largest absolute Gasteiger partial charge is 0.369 e. The van der Waals surface area contributed by atoms with Crippen LogP contribution in [0.1, 0.15) is 6.42 Å². The van der Waals surface area contributed by atoms with Gasteiger partial charge in [0.05, 0.1) is 11.5 Å². The molecule has 1 aliphatic heterocycles. The van der Waals surface area contributed by atoms with E-state index in [1.807, 2.05) is 9.80 Å². The molecule has 1 aromatic heterocycles. The lowest BCUT2D eigenvalue weighted by molar-refractivity contribution is -0.383. The lowest BCUT2D eigenvalue weighted by atomic mass is 10.3. The lowest BCUT2D eigenvalue weighted by Crippen LogP contribution is -2.36. The Morgan fingerprint density at radius 3 is 2.89 bits per heavy atom. The first-order chi connectivity index (χ1) is 9.08. The number of hydrogen-bond donors (Lipinski definition) is 1. The van der Waals surface area contributed by atoms with Crippen molar-refractivity contribution in [1.29, 1.82) is 0 Å². The molecule has 1 amide bonds. The topological polar surface area (TPSA) is 92.7 Å². The summed E-state index contributed by atoms with van der Waals surface area (Å²) in [7, 11) is 0. The summed E-state index contributed by atoms with van der Waals surface area (Å²) in [5.41, 5.74) is 5.35. The number of nitro groups is 1. The van der Waals surface area contributed by atoms with Crippen molar-refractivity contribution in [3.8, 4) is 0 Å². The Morgan fingerprint density at radius 1 is 1.42 bits per heavy atom. The Morgan fingerprint density at radius 2 is 2.21 bits per heavy atom. The first kappa shape index (κ1) is 13.8. The third-order valence-electron chi connectivity index (χ3n) is 3.08. The number of nitrogens with zero attached hydrogens (tertiary/aromatic N) is 3. The monoisotopic (exact) mass is 284 g/mol. The molecule has 0 aliphatic carbocycles. The fourth-order valence-corrected chi connectivity index (χ4v) is 3.14. The van der Waals surface area contributed by atoms with E-state index in [1.165, 1.54) is 17.4 Å². The second-order valence-corrected chi connectivity index (χ2v) is 5.35. The number of thiophene rings is 1. The highest BCUT2D eigenvalue weighted by atomic mass is 32.1. The molecular formula is C11H16N4O3S. The zero-order valence-electron chi connectivity index (χ0n) is 10.4. The number of nitrogens with two attached hydrogens (primary N) is 1. The molecule has 1 aliphatic rings. The van der Waals surface area contributed by atoms with Gasteiger partial charge in [-0.2, -0.15) is 0 Å². The summed E-state index contributed by atoms with van der Waals surface area (Å²) in [6.07, 6.45) is 0.863. The molecule has 7 nitrogen and oxygen atoms in total. The molecule has 1 fully saturated rings. The van der Waals surface area contributed by atoms with E-state index < -0.39 is 0 Å². The first-order valence-corrected chi connectivity index (χ1v) is 6.93. The number of carbonyl (C=O) groups excluding carboxylic acids is 1. The van der Waals surface area contributed by atoms with Crippen LogP contribution in [0.2, 0.25) is 0 Å². The van der Waals surface area contributed by atoms with Crippen LogP contribution < -0.4 is 10.6 Å². The van der Waals surface area contributed by atoms with Crippen LogP contribution in [-0.4, -0.2) is 48.5 Å². The fourth-order valence-electron chi connectivity index (χ4n) is 2.22. The highest BCUT2D eigenvalue weighted by Crippen LogP contribution is 2.34. The van der Waals surface area contributed by atoms with Crippen LogP contribution >= 0.6 is 11.3 Å². The number of amides is 1. The van der Waals surface area contributed by atoms with Gasteiger partial charge in [0.1, 0.15) is 0 Å². The van der Waals surface area contributed by atoms with Gasteiger partial charge in [-0.3, -0.25) is 19.8 Å². The average molecular weight is 284 g/mol. The number of primary amides is 1. The predicted octanol–water partition coefficient (Wildman–Crippen LogP) is 0.654. The van der Waals surface area contributed by atoms with Crippen molar-refractivity contribution in [2.24, 2.45) is 5.73 Å². The highest BCUT2D eigenvalue weighted by Gasteiger charge is 2.23. The van der Waals surface area contributed by atoms with E-state index in [-0.39, 0.29) is 23.1 Å². The molecule has 104 valence electrons. The van der Waals surface area contributed by atoms with Crippen LogP contribution in [0.4, 0.5) is 10.7 Å². The summed E-state index contributed by atoms with van der Waals surface area (Å²) in [6.45, 7) is 3.17. The standard InChI is InChI=1S/C11H16N4O3S/c12-10(16)8-13-3-1-4-14(6-5-13)11-9(15(17)18)2-7-19-11/h2,7H,1,3-6,8H2,(H2,12,16). The maximum Gasteiger partial charge on any atom is 0.303 e. The molecule has 8 heteroatoms. The molecule has 0 radical (unpaired) electrons. The van der Waals surface area contributed by atoms with E-state index in [0.717, 1.165) is 19.5 Å². The summed E-state index contributed by atoms with van der Waals surface area (Å²) < 4.78 is 0. The van der Waals surface area contributed by atoms with Crippen molar-refractivity contribution in [2.75, 3.05) is 37.6 Å². The van der Waals surface area contributed by atoms with Crippen molar-refractivity contribution in [1.82, 2.24) is 4.90 Å². The minimum absolute atomic E-state index is 0.161. The van der Waals surface area contributed by atoms with Gasteiger partial charge in [0.2, 0.25) is 5.91 Å². The summed E-state index contributed by atoms with van der Waals surface area (Å²) in [5.74, 6) is -0.337. The molecule has 0 spiro atoms. The molecule has 2 heterocycles. The Balaban J connectivity index is 2.04. The van der Waals surface area contributed by atoms with Gasteiger partial charge >= 0.3 is 5.69 Å². The fraction of sp³-hybridized carbons (Fsp3) is 0.545. The Bertz CT molecular complexity index is 476. The second kappa shape index (κ2) is 5.98. The van der Waals surface area contributed by atoms with Crippen molar-refractivity contribution >= 4 is 27.9 Å². The van der Waals surface area contributed by atoms with Crippen LogP contribution in [0.3, 0.4) is 0 Å². The molecule has 0 atom stereocenters. The molecule has 1 aromatic rings. The highest BCUT2D eigenvalue weighted by molar-refractivity contribution is 7.14. The Hall–Kier alpha value is -1.67. The van der Waals surface area contributed by atoms with E-state index in [0.29, 0.717) is 18.1 Å². The van der Waals surface area contributed by atoms with Gasteiger partial charge in [-0.15, -0.1) is 11.3 Å². The SMILES string of the molecule is NC(=O)CN1CCCN(c2sccc2[N+](=O)[O-])CC1. The van der Waals surface area contributed by atoms with Gasteiger partial charge in [-0.25, -0.2) is 0 Å². The molecule has 0 bridgehead atoms. The quantitative estimate of drug-likeness (QED) is 0.647. The molecule has 2 N–H and O–H groups in total. The molecular weight excluding hydrogens is 268 g/mol. The smallest absolute Gasteiger partial charge is 0.303 e. The zero-order valence-corrected chi connectivity index (χ0v) is 11.3. The van der Waals surface area contributed by atoms with Crippen LogP contribution in [0.25, 0.3) is 0 Å². The van der Waals surface area contributed by atoms with Crippen molar-refractivity contribution in [2.45, 2.75) is 6.42 Å². The van der Waals surface area contributed by atoms with E-state index >= 15 is 0 Å². The predicted molar refractivity (Wildman–Crippen MR) is 73.4 cm³/mol.